The van der Waals surface area contributed by atoms with Crippen molar-refractivity contribution in [3.05, 3.63) is 12.2 Å². The van der Waals surface area contributed by atoms with Crippen LogP contribution < -0.4 is 0 Å². The highest BCUT2D eigenvalue weighted by Gasteiger charge is 2.38. The standard InChI is InChI=1S/C11H16O3/c1-11(2)8(7-10(13)14-3)5-4-6-9(11)12/h4,6,8H,5,7H2,1-3H3/t8-/m0/s1. The van der Waals surface area contributed by atoms with E-state index in [2.05, 4.69) is 4.74 Å². The van der Waals surface area contributed by atoms with Crippen LogP contribution in [0.4, 0.5) is 0 Å². The Hall–Kier alpha value is -1.12. The molecule has 0 aromatic carbocycles. The van der Waals surface area contributed by atoms with Crippen molar-refractivity contribution in [2.45, 2.75) is 26.7 Å². The number of ketones is 1. The Labute approximate surface area is 84.1 Å². The first kappa shape index (κ1) is 11.0. The van der Waals surface area contributed by atoms with Crippen LogP contribution in [0.3, 0.4) is 0 Å². The van der Waals surface area contributed by atoms with E-state index < -0.39 is 5.41 Å². The lowest BCUT2D eigenvalue weighted by atomic mass is 9.69. The van der Waals surface area contributed by atoms with E-state index in [4.69, 9.17) is 0 Å². The highest BCUT2D eigenvalue weighted by Crippen LogP contribution is 2.36. The zero-order chi connectivity index (χ0) is 10.8. The Kier molecular flexibility index (Phi) is 3.09. The van der Waals surface area contributed by atoms with Gasteiger partial charge in [-0.15, -0.1) is 0 Å². The molecule has 3 heteroatoms. The fourth-order valence-electron chi connectivity index (χ4n) is 1.67. The van der Waals surface area contributed by atoms with Crippen LogP contribution in [0.25, 0.3) is 0 Å². The molecule has 0 spiro atoms. The third-order valence-corrected chi connectivity index (χ3v) is 2.99. The summed E-state index contributed by atoms with van der Waals surface area (Å²) in [6.07, 6.45) is 4.53. The third kappa shape index (κ3) is 2.03. The van der Waals surface area contributed by atoms with Crippen molar-refractivity contribution in [3.63, 3.8) is 0 Å². The van der Waals surface area contributed by atoms with Crippen molar-refractivity contribution in [3.8, 4) is 0 Å². The van der Waals surface area contributed by atoms with Crippen molar-refractivity contribution in [2.75, 3.05) is 7.11 Å². The summed E-state index contributed by atoms with van der Waals surface area (Å²) in [7, 11) is 1.37. The van der Waals surface area contributed by atoms with Gasteiger partial charge in [0.25, 0.3) is 0 Å². The van der Waals surface area contributed by atoms with Gasteiger partial charge < -0.3 is 4.74 Å². The number of rotatable bonds is 2. The Morgan fingerprint density at radius 1 is 1.64 bits per heavy atom. The molecular formula is C11H16O3. The monoisotopic (exact) mass is 196 g/mol. The van der Waals surface area contributed by atoms with Gasteiger partial charge in [0.1, 0.15) is 0 Å². The molecule has 1 aliphatic carbocycles. The van der Waals surface area contributed by atoms with Crippen molar-refractivity contribution >= 4 is 11.8 Å². The van der Waals surface area contributed by atoms with Crippen LogP contribution in [-0.4, -0.2) is 18.9 Å². The summed E-state index contributed by atoms with van der Waals surface area (Å²) in [5.74, 6) is -0.0868. The quantitative estimate of drug-likeness (QED) is 0.631. The van der Waals surface area contributed by atoms with E-state index >= 15 is 0 Å². The van der Waals surface area contributed by atoms with Crippen molar-refractivity contribution in [1.82, 2.24) is 0 Å². The van der Waals surface area contributed by atoms with E-state index in [0.717, 1.165) is 6.42 Å². The topological polar surface area (TPSA) is 43.4 Å². The summed E-state index contributed by atoms with van der Waals surface area (Å²) < 4.78 is 4.61. The molecule has 0 heterocycles. The highest BCUT2D eigenvalue weighted by atomic mass is 16.5. The van der Waals surface area contributed by atoms with Crippen LogP contribution in [0.2, 0.25) is 0 Å². The second kappa shape index (κ2) is 3.95. The summed E-state index contributed by atoms with van der Waals surface area (Å²) in [4.78, 5) is 22.7. The molecule has 1 atom stereocenters. The first-order valence-electron chi connectivity index (χ1n) is 4.76. The minimum absolute atomic E-state index is 0.0625. The SMILES string of the molecule is COC(=O)C[C@@H]1CC=CC(=O)C1(C)C. The molecule has 0 bridgehead atoms. The average molecular weight is 196 g/mol. The second-order valence-electron chi connectivity index (χ2n) is 4.20. The highest BCUT2D eigenvalue weighted by molar-refractivity contribution is 5.95. The van der Waals surface area contributed by atoms with Gasteiger partial charge in [0.15, 0.2) is 5.78 Å². The summed E-state index contributed by atoms with van der Waals surface area (Å²) >= 11 is 0. The van der Waals surface area contributed by atoms with Gasteiger partial charge in [0.05, 0.1) is 7.11 Å². The molecule has 0 saturated heterocycles. The number of carbonyl (C=O) groups excluding carboxylic acids is 2. The maximum Gasteiger partial charge on any atom is 0.305 e. The van der Waals surface area contributed by atoms with E-state index in [1.54, 1.807) is 6.08 Å². The van der Waals surface area contributed by atoms with Crippen LogP contribution in [-0.2, 0) is 14.3 Å². The normalized spacial score (nSPS) is 24.8. The number of hydrogen-bond donors (Lipinski definition) is 0. The van der Waals surface area contributed by atoms with Gasteiger partial charge in [-0.2, -0.15) is 0 Å². The lowest BCUT2D eigenvalue weighted by molar-refractivity contribution is -0.143. The molecule has 3 nitrogen and oxygen atoms in total. The fraction of sp³-hybridized carbons (Fsp3) is 0.636. The number of methoxy groups -OCH3 is 1. The zero-order valence-electron chi connectivity index (χ0n) is 8.87. The van der Waals surface area contributed by atoms with Gasteiger partial charge >= 0.3 is 5.97 Å². The van der Waals surface area contributed by atoms with Crippen molar-refractivity contribution in [2.24, 2.45) is 11.3 Å². The number of ether oxygens (including phenoxy) is 1. The summed E-state index contributed by atoms with van der Waals surface area (Å²) in [6.45, 7) is 3.76. The van der Waals surface area contributed by atoms with Gasteiger partial charge in [-0.25, -0.2) is 0 Å². The lowest BCUT2D eigenvalue weighted by Gasteiger charge is -2.33. The van der Waals surface area contributed by atoms with Crippen LogP contribution >= 0.6 is 0 Å². The number of hydrogen-bond acceptors (Lipinski definition) is 3. The molecule has 78 valence electrons. The first-order chi connectivity index (χ1) is 6.48. The van der Waals surface area contributed by atoms with Gasteiger partial charge in [-0.1, -0.05) is 19.9 Å². The molecule has 0 fully saturated rings. The molecule has 0 N–H and O–H groups in total. The van der Waals surface area contributed by atoms with Gasteiger partial charge in [-0.05, 0) is 18.4 Å². The predicted molar refractivity (Wildman–Crippen MR) is 52.7 cm³/mol. The van der Waals surface area contributed by atoms with E-state index in [1.807, 2.05) is 19.9 Å². The van der Waals surface area contributed by atoms with E-state index in [-0.39, 0.29) is 17.7 Å². The summed E-state index contributed by atoms with van der Waals surface area (Å²) in [5.41, 5.74) is -0.442. The molecule has 14 heavy (non-hydrogen) atoms. The van der Waals surface area contributed by atoms with Crippen LogP contribution in [0.1, 0.15) is 26.7 Å². The van der Waals surface area contributed by atoms with Gasteiger partial charge in [0.2, 0.25) is 0 Å². The maximum atomic E-state index is 11.6. The molecule has 0 aromatic heterocycles. The molecule has 0 aliphatic heterocycles. The summed E-state index contributed by atoms with van der Waals surface area (Å²) in [6, 6.07) is 0. The smallest absolute Gasteiger partial charge is 0.305 e. The van der Waals surface area contributed by atoms with Crippen LogP contribution in [0, 0.1) is 11.3 Å². The van der Waals surface area contributed by atoms with E-state index in [9.17, 15) is 9.59 Å². The molecule has 0 saturated carbocycles. The number of carbonyl (C=O) groups is 2. The Bertz CT molecular complexity index is 276. The van der Waals surface area contributed by atoms with Crippen LogP contribution in [0.5, 0.6) is 0 Å². The second-order valence-corrected chi connectivity index (χ2v) is 4.20. The molecular weight excluding hydrogens is 180 g/mol. The molecule has 1 rings (SSSR count). The Morgan fingerprint density at radius 3 is 2.86 bits per heavy atom. The number of esters is 1. The maximum absolute atomic E-state index is 11.6. The fourth-order valence-corrected chi connectivity index (χ4v) is 1.67. The average Bonchev–Trinajstić information content (AvgIpc) is 2.13. The largest absolute Gasteiger partial charge is 0.469 e. The Balaban J connectivity index is 2.74. The molecule has 0 aromatic rings. The van der Waals surface area contributed by atoms with E-state index in [0.29, 0.717) is 6.42 Å². The summed E-state index contributed by atoms with van der Waals surface area (Å²) in [5, 5.41) is 0. The third-order valence-electron chi connectivity index (χ3n) is 2.99. The van der Waals surface area contributed by atoms with Crippen molar-refractivity contribution in [1.29, 1.82) is 0 Å². The lowest BCUT2D eigenvalue weighted by Crippen LogP contribution is -2.35. The molecule has 0 radical (unpaired) electrons. The minimum Gasteiger partial charge on any atom is -0.469 e. The molecule has 0 unspecified atom stereocenters. The van der Waals surface area contributed by atoms with E-state index in [1.165, 1.54) is 7.11 Å². The zero-order valence-corrected chi connectivity index (χ0v) is 8.87. The number of allylic oxidation sites excluding steroid dienone is 2. The first-order valence-corrected chi connectivity index (χ1v) is 4.76. The molecule has 0 amide bonds. The molecule has 1 aliphatic rings. The minimum atomic E-state index is -0.442. The predicted octanol–water partition coefficient (Wildman–Crippen LogP) is 1.72. The van der Waals surface area contributed by atoms with Crippen molar-refractivity contribution < 1.29 is 14.3 Å². The Morgan fingerprint density at radius 2 is 2.29 bits per heavy atom. The van der Waals surface area contributed by atoms with Gasteiger partial charge in [0, 0.05) is 11.8 Å². The van der Waals surface area contributed by atoms with Crippen LogP contribution in [0.15, 0.2) is 12.2 Å². The van der Waals surface area contributed by atoms with Gasteiger partial charge in [-0.3, -0.25) is 9.59 Å².